The summed E-state index contributed by atoms with van der Waals surface area (Å²) in [4.78, 5) is 25.5. The molecule has 1 heterocycles. The summed E-state index contributed by atoms with van der Waals surface area (Å²) >= 11 is 5.88. The molecule has 2 aromatic carbocycles. The molecule has 176 valence electrons. The van der Waals surface area contributed by atoms with Crippen LogP contribution < -0.4 is 10.6 Å². The number of benzene rings is 2. The first kappa shape index (κ1) is 23.7. The van der Waals surface area contributed by atoms with Crippen LogP contribution in [-0.4, -0.2) is 49.2 Å². The van der Waals surface area contributed by atoms with E-state index in [1.165, 1.54) is 28.6 Å². The number of halogens is 1. The van der Waals surface area contributed by atoms with E-state index >= 15 is 0 Å². The molecule has 2 N–H and O–H groups in total. The second-order valence-corrected chi connectivity index (χ2v) is 11.0. The molecule has 0 radical (unpaired) electrons. The zero-order valence-electron chi connectivity index (χ0n) is 18.2. The first-order chi connectivity index (χ1) is 15.8. The van der Waals surface area contributed by atoms with Gasteiger partial charge in [0.2, 0.25) is 15.9 Å². The van der Waals surface area contributed by atoms with Gasteiger partial charge in [0.05, 0.1) is 4.90 Å². The molecule has 2 amide bonds. The van der Waals surface area contributed by atoms with Gasteiger partial charge in [0, 0.05) is 29.2 Å². The van der Waals surface area contributed by atoms with Crippen LogP contribution in [0.4, 0.5) is 0 Å². The highest BCUT2D eigenvalue weighted by molar-refractivity contribution is 7.89. The average Bonchev–Trinajstić information content (AvgIpc) is 3.32. The molecule has 0 unspecified atom stereocenters. The van der Waals surface area contributed by atoms with Crippen molar-refractivity contribution in [1.82, 2.24) is 14.9 Å². The Hall–Kier alpha value is -2.42. The van der Waals surface area contributed by atoms with Crippen molar-refractivity contribution >= 4 is 33.4 Å². The second-order valence-electron chi connectivity index (χ2n) is 8.62. The Bertz CT molecular complexity index is 1080. The smallest absolute Gasteiger partial charge is 0.251 e. The van der Waals surface area contributed by atoms with Crippen LogP contribution in [0.5, 0.6) is 0 Å². The molecule has 1 aliphatic heterocycles. The molecule has 33 heavy (non-hydrogen) atoms. The molecule has 2 aliphatic rings. The highest BCUT2D eigenvalue weighted by Crippen LogP contribution is 2.28. The maximum atomic E-state index is 13.1. The summed E-state index contributed by atoms with van der Waals surface area (Å²) in [5, 5.41) is 6.57. The SMILES string of the molecule is O=C(NC1CCC(NC(=O)[C@H]2CCCN2S(=O)(=O)c2ccc(Cl)cc2)CC1)c1ccccc1. The second kappa shape index (κ2) is 10.2. The molecule has 2 aromatic rings. The van der Waals surface area contributed by atoms with Crippen LogP contribution in [-0.2, 0) is 14.8 Å². The van der Waals surface area contributed by atoms with Gasteiger partial charge >= 0.3 is 0 Å². The van der Waals surface area contributed by atoms with Crippen molar-refractivity contribution in [1.29, 1.82) is 0 Å². The minimum absolute atomic E-state index is 0.0249. The van der Waals surface area contributed by atoms with E-state index in [1.54, 1.807) is 12.1 Å². The maximum Gasteiger partial charge on any atom is 0.251 e. The van der Waals surface area contributed by atoms with Crippen molar-refractivity contribution in [2.45, 2.75) is 61.5 Å². The van der Waals surface area contributed by atoms with Crippen molar-refractivity contribution in [2.24, 2.45) is 0 Å². The predicted molar refractivity (Wildman–Crippen MR) is 126 cm³/mol. The lowest BCUT2D eigenvalue weighted by Gasteiger charge is -2.31. The van der Waals surface area contributed by atoms with Gasteiger partial charge in [-0.05, 0) is 74.9 Å². The first-order valence-electron chi connectivity index (χ1n) is 11.3. The quantitative estimate of drug-likeness (QED) is 0.650. The maximum absolute atomic E-state index is 13.1. The average molecular weight is 490 g/mol. The van der Waals surface area contributed by atoms with E-state index in [0.29, 0.717) is 30.0 Å². The summed E-state index contributed by atoms with van der Waals surface area (Å²) in [6.45, 7) is 0.321. The molecule has 1 atom stereocenters. The Morgan fingerprint density at radius 1 is 0.848 bits per heavy atom. The van der Waals surface area contributed by atoms with Gasteiger partial charge in [-0.3, -0.25) is 9.59 Å². The topological polar surface area (TPSA) is 95.6 Å². The van der Waals surface area contributed by atoms with Crippen LogP contribution in [0.15, 0.2) is 59.5 Å². The molecule has 9 heteroatoms. The number of hydrogen-bond acceptors (Lipinski definition) is 4. The Balaban J connectivity index is 1.31. The largest absolute Gasteiger partial charge is 0.352 e. The van der Waals surface area contributed by atoms with Crippen molar-refractivity contribution in [2.75, 3.05) is 6.54 Å². The van der Waals surface area contributed by atoms with E-state index < -0.39 is 16.1 Å². The van der Waals surface area contributed by atoms with Crippen LogP contribution in [0, 0.1) is 0 Å². The van der Waals surface area contributed by atoms with Crippen LogP contribution in [0.25, 0.3) is 0 Å². The third-order valence-corrected chi connectivity index (χ3v) is 8.55. The number of hydrogen-bond donors (Lipinski definition) is 2. The molecule has 2 fully saturated rings. The van der Waals surface area contributed by atoms with Crippen LogP contribution in [0.2, 0.25) is 5.02 Å². The fraction of sp³-hybridized carbons (Fsp3) is 0.417. The molecule has 1 saturated carbocycles. The number of nitrogens with one attached hydrogen (secondary N) is 2. The van der Waals surface area contributed by atoms with Crippen LogP contribution in [0.3, 0.4) is 0 Å². The van der Waals surface area contributed by atoms with Gasteiger partial charge < -0.3 is 10.6 Å². The number of carbonyl (C=O) groups is 2. The molecule has 4 rings (SSSR count). The minimum atomic E-state index is -3.77. The highest BCUT2D eigenvalue weighted by atomic mass is 35.5. The first-order valence-corrected chi connectivity index (χ1v) is 13.1. The zero-order chi connectivity index (χ0) is 23.4. The molecule has 0 bridgehead atoms. The molecule has 0 aromatic heterocycles. The van der Waals surface area contributed by atoms with Crippen molar-refractivity contribution in [3.05, 3.63) is 65.2 Å². The van der Waals surface area contributed by atoms with Gasteiger partial charge in [0.1, 0.15) is 6.04 Å². The fourth-order valence-corrected chi connectivity index (χ4v) is 6.35. The molecule has 1 saturated heterocycles. The normalized spacial score (nSPS) is 23.7. The number of amides is 2. The molecule has 7 nitrogen and oxygen atoms in total. The number of carbonyl (C=O) groups excluding carboxylic acids is 2. The number of sulfonamides is 1. The van der Waals surface area contributed by atoms with Crippen LogP contribution in [0.1, 0.15) is 48.9 Å². The highest BCUT2D eigenvalue weighted by Gasteiger charge is 2.40. The van der Waals surface area contributed by atoms with Crippen molar-refractivity contribution in [3.63, 3.8) is 0 Å². The predicted octanol–water partition coefficient (Wildman–Crippen LogP) is 3.35. The van der Waals surface area contributed by atoms with Gasteiger partial charge in [-0.2, -0.15) is 4.31 Å². The summed E-state index contributed by atoms with van der Waals surface area (Å²) in [5.41, 5.74) is 0.635. The molecular weight excluding hydrogens is 462 g/mol. The zero-order valence-corrected chi connectivity index (χ0v) is 19.8. The van der Waals surface area contributed by atoms with E-state index in [0.717, 1.165) is 25.7 Å². The lowest BCUT2D eigenvalue weighted by atomic mass is 9.90. The van der Waals surface area contributed by atoms with Gasteiger partial charge in [-0.1, -0.05) is 29.8 Å². The third-order valence-electron chi connectivity index (χ3n) is 6.37. The molecule has 0 spiro atoms. The number of rotatable bonds is 6. The summed E-state index contributed by atoms with van der Waals surface area (Å²) in [6, 6.07) is 14.5. The van der Waals surface area contributed by atoms with Gasteiger partial charge in [0.25, 0.3) is 5.91 Å². The van der Waals surface area contributed by atoms with Crippen LogP contribution >= 0.6 is 11.6 Å². The van der Waals surface area contributed by atoms with E-state index in [-0.39, 0.29) is 28.8 Å². The lowest BCUT2D eigenvalue weighted by Crippen LogP contribution is -2.50. The Kier molecular flexibility index (Phi) is 7.36. The van der Waals surface area contributed by atoms with Gasteiger partial charge in [0.15, 0.2) is 0 Å². The van der Waals surface area contributed by atoms with Gasteiger partial charge in [-0.25, -0.2) is 8.42 Å². The molecular formula is C24H28ClN3O4S. The monoisotopic (exact) mass is 489 g/mol. The third kappa shape index (κ3) is 5.57. The summed E-state index contributed by atoms with van der Waals surface area (Å²) in [6.07, 6.45) is 4.15. The standard InChI is InChI=1S/C24H28ClN3O4S/c25-18-8-14-21(15-9-18)33(31,32)28-16-4-7-22(28)24(30)27-20-12-10-19(11-13-20)26-23(29)17-5-2-1-3-6-17/h1-3,5-6,8-9,14-15,19-20,22H,4,7,10-13,16H2,(H,26,29)(H,27,30)/t19?,20?,22-/m1/s1. The summed E-state index contributed by atoms with van der Waals surface area (Å²) in [5.74, 6) is -0.334. The fourth-order valence-electron chi connectivity index (χ4n) is 4.57. The summed E-state index contributed by atoms with van der Waals surface area (Å²) in [7, 11) is -3.77. The number of nitrogens with zero attached hydrogens (tertiary/aromatic N) is 1. The Labute approximate surface area is 199 Å². The van der Waals surface area contributed by atoms with E-state index in [9.17, 15) is 18.0 Å². The van der Waals surface area contributed by atoms with E-state index in [4.69, 9.17) is 11.6 Å². The Morgan fingerprint density at radius 2 is 1.45 bits per heavy atom. The van der Waals surface area contributed by atoms with Gasteiger partial charge in [-0.15, -0.1) is 0 Å². The van der Waals surface area contributed by atoms with E-state index in [2.05, 4.69) is 10.6 Å². The summed E-state index contributed by atoms with van der Waals surface area (Å²) < 4.78 is 27.5. The van der Waals surface area contributed by atoms with E-state index in [1.807, 2.05) is 18.2 Å². The molecule has 1 aliphatic carbocycles. The Morgan fingerprint density at radius 3 is 2.09 bits per heavy atom. The lowest BCUT2D eigenvalue weighted by molar-refractivity contribution is -0.125. The van der Waals surface area contributed by atoms with Crippen molar-refractivity contribution < 1.29 is 18.0 Å². The van der Waals surface area contributed by atoms with Crippen molar-refractivity contribution in [3.8, 4) is 0 Å². The minimum Gasteiger partial charge on any atom is -0.352 e.